The molecule has 4 atom stereocenters. The summed E-state index contributed by atoms with van der Waals surface area (Å²) in [5.74, 6) is -6.81. The lowest BCUT2D eigenvalue weighted by Crippen LogP contribution is -2.65. The first-order valence-electron chi connectivity index (χ1n) is 12.4. The number of hydrogen-bond acceptors (Lipinski definition) is 9. The molecule has 0 spiro atoms. The highest BCUT2D eigenvalue weighted by Crippen LogP contribution is 2.53. The average molecular weight is 531 g/mol. The number of fused-ring (bicyclic) bond motifs is 4. The van der Waals surface area contributed by atoms with Crippen LogP contribution in [-0.2, 0) is 20.8 Å². The predicted octanol–water partition coefficient (Wildman–Crippen LogP) is 1.28. The maximum absolute atomic E-state index is 13.9. The van der Waals surface area contributed by atoms with Crippen molar-refractivity contribution in [2.24, 2.45) is 17.6 Å². The van der Waals surface area contributed by atoms with Gasteiger partial charge in [-0.15, -0.1) is 0 Å². The maximum Gasteiger partial charge on any atom is 0.255 e. The number of ketones is 2. The second-order valence-electron chi connectivity index (χ2n) is 10.5. The Morgan fingerprint density at radius 3 is 2.56 bits per heavy atom. The number of primary amides is 1. The van der Waals surface area contributed by atoms with E-state index in [-0.39, 0.29) is 29.7 Å². The predicted molar refractivity (Wildman–Crippen MR) is 138 cm³/mol. The van der Waals surface area contributed by atoms with E-state index in [2.05, 4.69) is 4.98 Å². The number of carbonyl (C=O) groups excluding carboxylic acids is 3. The van der Waals surface area contributed by atoms with Crippen molar-refractivity contribution in [3.05, 3.63) is 70.8 Å². The molecule has 3 aliphatic carbocycles. The summed E-state index contributed by atoms with van der Waals surface area (Å²) in [6, 6.07) is 7.51. The Labute approximate surface area is 222 Å². The topological polar surface area (TPSA) is 179 Å². The lowest BCUT2D eigenvalue weighted by atomic mass is 9.57. The number of imidazole rings is 1. The first-order chi connectivity index (χ1) is 18.5. The van der Waals surface area contributed by atoms with Gasteiger partial charge in [-0.25, -0.2) is 4.98 Å². The van der Waals surface area contributed by atoms with Gasteiger partial charge < -0.3 is 30.6 Å². The van der Waals surface area contributed by atoms with Gasteiger partial charge in [0.1, 0.15) is 28.5 Å². The monoisotopic (exact) mass is 530 g/mol. The van der Waals surface area contributed by atoms with Gasteiger partial charge in [-0.3, -0.25) is 19.3 Å². The fraction of sp³-hybridized carbons (Fsp3) is 0.286. The van der Waals surface area contributed by atoms with Gasteiger partial charge in [0.05, 0.1) is 17.3 Å². The van der Waals surface area contributed by atoms with E-state index in [1.165, 1.54) is 11.0 Å². The first kappa shape index (κ1) is 24.8. The Bertz CT molecular complexity index is 1650. The zero-order valence-corrected chi connectivity index (χ0v) is 21.1. The Morgan fingerprint density at radius 2 is 1.90 bits per heavy atom. The second-order valence-corrected chi connectivity index (χ2v) is 10.5. The van der Waals surface area contributed by atoms with Crippen LogP contribution in [0.2, 0.25) is 0 Å². The van der Waals surface area contributed by atoms with Crippen LogP contribution in [0.15, 0.2) is 59.6 Å². The molecule has 0 saturated heterocycles. The Hall–Kier alpha value is -4.48. The number of amides is 1. The van der Waals surface area contributed by atoms with Crippen molar-refractivity contribution in [2.45, 2.75) is 24.5 Å². The number of likely N-dealkylation sites (N-methyl/N-ethyl adjacent to an activating group) is 1. The summed E-state index contributed by atoms with van der Waals surface area (Å²) in [7, 11) is 3.12. The SMILES string of the molecule is CN(C)[C@@H]1C(=O)C(C(N)=O)=C(O)[C@@]2(O)C(=O)C3=C(O)c4c(O)ccc(-c5cn6ccccc6n5)c4C[C@H]3C[C@@H]12. The Balaban J connectivity index is 1.56. The molecule has 11 heteroatoms. The van der Waals surface area contributed by atoms with Gasteiger partial charge in [0.25, 0.3) is 5.91 Å². The molecule has 200 valence electrons. The molecule has 0 unspecified atom stereocenters. The zero-order valence-electron chi connectivity index (χ0n) is 21.1. The van der Waals surface area contributed by atoms with E-state index in [1.807, 2.05) is 35.0 Å². The van der Waals surface area contributed by atoms with E-state index in [0.717, 1.165) is 0 Å². The largest absolute Gasteiger partial charge is 0.508 e. The minimum atomic E-state index is -2.67. The van der Waals surface area contributed by atoms with E-state index in [1.54, 1.807) is 20.2 Å². The minimum Gasteiger partial charge on any atom is -0.508 e. The van der Waals surface area contributed by atoms with Gasteiger partial charge in [-0.1, -0.05) is 6.07 Å². The molecule has 1 aromatic carbocycles. The molecule has 1 saturated carbocycles. The van der Waals surface area contributed by atoms with Gasteiger partial charge in [0.2, 0.25) is 5.78 Å². The number of nitrogens with zero attached hydrogens (tertiary/aromatic N) is 3. The molecule has 3 aliphatic rings. The molecule has 3 aromatic rings. The van der Waals surface area contributed by atoms with E-state index in [9.17, 15) is 34.8 Å². The standard InChI is InChI=1S/C28H26N4O7/c1-31(2)22-15-10-12-9-14-13(16-11-32-8-4-3-5-18(32)30-16)6-7-17(33)20(14)23(34)19(12)25(36)28(15,39)26(37)21(24(22)35)27(29)38/h3-8,11-12,15,22,33-34,37,39H,9-10H2,1-2H3,(H2,29,38)/t12-,15-,22-,28-/m0/s1. The first-order valence-corrected chi connectivity index (χ1v) is 12.4. The highest BCUT2D eigenvalue weighted by molar-refractivity contribution is 6.24. The number of benzene rings is 1. The number of rotatable bonds is 3. The fourth-order valence-electron chi connectivity index (χ4n) is 6.55. The minimum absolute atomic E-state index is 0.0199. The number of aromatic nitrogens is 2. The fourth-order valence-corrected chi connectivity index (χ4v) is 6.55. The number of aliphatic hydroxyl groups is 3. The van der Waals surface area contributed by atoms with Gasteiger partial charge in [0.15, 0.2) is 11.4 Å². The highest BCUT2D eigenvalue weighted by atomic mass is 16.3. The van der Waals surface area contributed by atoms with Crippen molar-refractivity contribution in [1.29, 1.82) is 0 Å². The lowest BCUT2D eigenvalue weighted by molar-refractivity contribution is -0.153. The molecule has 39 heavy (non-hydrogen) atoms. The van der Waals surface area contributed by atoms with E-state index in [4.69, 9.17) is 5.73 Å². The van der Waals surface area contributed by atoms with Crippen LogP contribution < -0.4 is 5.73 Å². The third-order valence-corrected chi connectivity index (χ3v) is 8.24. The number of Topliss-reactive ketones (excluding diaryl/α,β-unsaturated/α-hetero) is 2. The van der Waals surface area contributed by atoms with E-state index in [0.29, 0.717) is 22.5 Å². The number of pyridine rings is 1. The van der Waals surface area contributed by atoms with Crippen molar-refractivity contribution in [2.75, 3.05) is 14.1 Å². The van der Waals surface area contributed by atoms with Gasteiger partial charge in [-0.05, 0) is 62.7 Å². The van der Waals surface area contributed by atoms with Crippen LogP contribution in [0.4, 0.5) is 0 Å². The van der Waals surface area contributed by atoms with Crippen molar-refractivity contribution in [3.63, 3.8) is 0 Å². The number of carbonyl (C=O) groups is 3. The molecule has 0 bridgehead atoms. The van der Waals surface area contributed by atoms with Crippen LogP contribution in [0.25, 0.3) is 22.7 Å². The molecule has 0 radical (unpaired) electrons. The summed E-state index contributed by atoms with van der Waals surface area (Å²) in [6.45, 7) is 0. The van der Waals surface area contributed by atoms with Crippen LogP contribution in [0.1, 0.15) is 17.5 Å². The summed E-state index contributed by atoms with van der Waals surface area (Å²) in [4.78, 5) is 45.4. The van der Waals surface area contributed by atoms with Crippen LogP contribution in [0.3, 0.4) is 0 Å². The van der Waals surface area contributed by atoms with Gasteiger partial charge in [0, 0.05) is 29.4 Å². The summed E-state index contributed by atoms with van der Waals surface area (Å²) >= 11 is 0. The molecule has 2 heterocycles. The number of phenolic OH excluding ortho intramolecular Hbond substituents is 1. The van der Waals surface area contributed by atoms with E-state index >= 15 is 0 Å². The molecular weight excluding hydrogens is 504 g/mol. The van der Waals surface area contributed by atoms with Crippen LogP contribution >= 0.6 is 0 Å². The molecule has 6 N–H and O–H groups in total. The third kappa shape index (κ3) is 3.23. The molecule has 6 rings (SSSR count). The second kappa shape index (κ2) is 8.26. The number of hydrogen-bond donors (Lipinski definition) is 5. The van der Waals surface area contributed by atoms with Crippen LogP contribution in [0.5, 0.6) is 5.75 Å². The van der Waals surface area contributed by atoms with Gasteiger partial charge >= 0.3 is 0 Å². The zero-order chi connectivity index (χ0) is 28.0. The van der Waals surface area contributed by atoms with E-state index < -0.39 is 58.0 Å². The Morgan fingerprint density at radius 1 is 1.15 bits per heavy atom. The number of nitrogens with two attached hydrogens (primary N) is 1. The molecule has 0 aliphatic heterocycles. The number of phenols is 1. The smallest absolute Gasteiger partial charge is 0.255 e. The average Bonchev–Trinajstić information content (AvgIpc) is 3.30. The van der Waals surface area contributed by atoms with Crippen LogP contribution in [0, 0.1) is 11.8 Å². The summed E-state index contributed by atoms with van der Waals surface area (Å²) < 4.78 is 1.84. The van der Waals surface area contributed by atoms with Crippen molar-refractivity contribution < 1.29 is 34.8 Å². The third-order valence-electron chi connectivity index (χ3n) is 8.24. The molecule has 2 aromatic heterocycles. The van der Waals surface area contributed by atoms with Crippen molar-refractivity contribution in [1.82, 2.24) is 14.3 Å². The lowest BCUT2D eigenvalue weighted by Gasteiger charge is -2.50. The quantitative estimate of drug-likeness (QED) is 0.312. The summed E-state index contributed by atoms with van der Waals surface area (Å²) in [5, 5.41) is 44.8. The maximum atomic E-state index is 13.9. The highest BCUT2D eigenvalue weighted by Gasteiger charge is 2.64. The van der Waals surface area contributed by atoms with Crippen molar-refractivity contribution >= 4 is 28.9 Å². The number of aromatic hydroxyl groups is 1. The molecule has 1 fully saturated rings. The molecule has 11 nitrogen and oxygen atoms in total. The molecule has 1 amide bonds. The summed E-state index contributed by atoms with van der Waals surface area (Å²) in [5.41, 5.74) is 4.19. The summed E-state index contributed by atoms with van der Waals surface area (Å²) in [6.07, 6.45) is 3.87. The Kier molecular flexibility index (Phi) is 5.26. The van der Waals surface area contributed by atoms with Gasteiger partial charge in [-0.2, -0.15) is 0 Å². The molecular formula is C28H26N4O7. The number of aliphatic hydroxyl groups excluding tert-OH is 2. The normalized spacial score (nSPS) is 26.6. The van der Waals surface area contributed by atoms with Crippen LogP contribution in [-0.4, -0.2) is 77.9 Å². The van der Waals surface area contributed by atoms with Crippen molar-refractivity contribution in [3.8, 4) is 17.0 Å².